The second-order valence-electron chi connectivity index (χ2n) is 4.40. The molecule has 0 saturated carbocycles. The fourth-order valence-electron chi connectivity index (χ4n) is 2.19. The number of nitrogens with zero attached hydrogens (tertiary/aromatic N) is 1. The Morgan fingerprint density at radius 1 is 1.32 bits per heavy atom. The van der Waals surface area contributed by atoms with Gasteiger partial charge in [0.25, 0.3) is 5.91 Å². The highest BCUT2D eigenvalue weighted by molar-refractivity contribution is 5.99. The molecule has 0 aliphatic carbocycles. The van der Waals surface area contributed by atoms with E-state index in [9.17, 15) is 4.79 Å². The van der Waals surface area contributed by atoms with E-state index < -0.39 is 0 Å². The van der Waals surface area contributed by atoms with Crippen LogP contribution in [0.15, 0.2) is 22.6 Å². The number of methoxy groups -OCH3 is 1. The number of furan rings is 1. The van der Waals surface area contributed by atoms with Crippen molar-refractivity contribution in [3.8, 4) is 5.75 Å². The molecular weight excluding hydrogens is 242 g/mol. The Morgan fingerprint density at radius 2 is 2.00 bits per heavy atom. The van der Waals surface area contributed by atoms with Gasteiger partial charge in [-0.3, -0.25) is 4.79 Å². The average molecular weight is 261 g/mol. The minimum Gasteiger partial charge on any atom is -0.497 e. The Kier molecular flexibility index (Phi) is 3.79. The van der Waals surface area contributed by atoms with E-state index in [2.05, 4.69) is 0 Å². The predicted molar refractivity (Wildman–Crippen MR) is 74.8 cm³/mol. The highest BCUT2D eigenvalue weighted by Crippen LogP contribution is 2.29. The molecule has 0 spiro atoms. The van der Waals surface area contributed by atoms with Crippen LogP contribution in [0.4, 0.5) is 0 Å². The number of hydrogen-bond acceptors (Lipinski definition) is 3. The Bertz CT molecular complexity index is 597. The second kappa shape index (κ2) is 5.34. The van der Waals surface area contributed by atoms with Crippen molar-refractivity contribution in [2.75, 3.05) is 20.2 Å². The lowest BCUT2D eigenvalue weighted by atomic mass is 10.1. The zero-order valence-electron chi connectivity index (χ0n) is 11.8. The molecule has 0 saturated heterocycles. The minimum atomic E-state index is -0.0577. The lowest BCUT2D eigenvalue weighted by Crippen LogP contribution is -2.30. The third-order valence-corrected chi connectivity index (χ3v) is 3.39. The number of aryl methyl sites for hydroxylation is 1. The van der Waals surface area contributed by atoms with Crippen molar-refractivity contribution in [3.63, 3.8) is 0 Å². The molecule has 0 fully saturated rings. The molecule has 0 N–H and O–H groups in total. The third-order valence-electron chi connectivity index (χ3n) is 3.39. The van der Waals surface area contributed by atoms with Gasteiger partial charge in [0, 0.05) is 24.0 Å². The van der Waals surface area contributed by atoms with Gasteiger partial charge in [0.15, 0.2) is 5.76 Å². The molecule has 19 heavy (non-hydrogen) atoms. The Labute approximate surface area is 112 Å². The van der Waals surface area contributed by atoms with Crippen molar-refractivity contribution in [2.45, 2.75) is 20.8 Å². The van der Waals surface area contributed by atoms with Gasteiger partial charge in [-0.25, -0.2) is 0 Å². The minimum absolute atomic E-state index is 0.0577. The van der Waals surface area contributed by atoms with Crippen molar-refractivity contribution in [1.29, 1.82) is 0 Å². The molecule has 4 heteroatoms. The normalized spacial score (nSPS) is 10.7. The van der Waals surface area contributed by atoms with Crippen molar-refractivity contribution in [1.82, 2.24) is 4.90 Å². The topological polar surface area (TPSA) is 42.7 Å². The fraction of sp³-hybridized carbons (Fsp3) is 0.400. The zero-order valence-corrected chi connectivity index (χ0v) is 11.8. The number of fused-ring (bicyclic) bond motifs is 1. The third kappa shape index (κ3) is 2.30. The molecule has 0 aliphatic rings. The SMILES string of the molecule is CCN(CC)C(=O)c1oc2ccc(OC)cc2c1C. The molecule has 2 aromatic rings. The lowest BCUT2D eigenvalue weighted by molar-refractivity contribution is 0.0742. The predicted octanol–water partition coefficient (Wildman–Crippen LogP) is 3.23. The summed E-state index contributed by atoms with van der Waals surface area (Å²) in [5.74, 6) is 1.13. The number of benzene rings is 1. The first-order valence-electron chi connectivity index (χ1n) is 6.48. The molecule has 0 bridgehead atoms. The van der Waals surface area contributed by atoms with E-state index >= 15 is 0 Å². The molecule has 0 aliphatic heterocycles. The van der Waals surface area contributed by atoms with Crippen molar-refractivity contribution in [2.24, 2.45) is 0 Å². The van der Waals surface area contributed by atoms with Gasteiger partial charge in [0.2, 0.25) is 0 Å². The number of rotatable bonds is 4. The van der Waals surface area contributed by atoms with Gasteiger partial charge in [-0.05, 0) is 39.0 Å². The van der Waals surface area contributed by atoms with Crippen LogP contribution in [0, 0.1) is 6.92 Å². The van der Waals surface area contributed by atoms with Crippen molar-refractivity contribution < 1.29 is 13.9 Å². The molecular formula is C15H19NO3. The largest absolute Gasteiger partial charge is 0.497 e. The highest BCUT2D eigenvalue weighted by atomic mass is 16.5. The summed E-state index contributed by atoms with van der Waals surface area (Å²) < 4.78 is 10.9. The Balaban J connectivity index is 2.50. The van der Waals surface area contributed by atoms with E-state index in [0.29, 0.717) is 24.4 Å². The summed E-state index contributed by atoms with van der Waals surface area (Å²) in [5, 5.41) is 0.926. The van der Waals surface area contributed by atoms with Gasteiger partial charge >= 0.3 is 0 Å². The maximum atomic E-state index is 12.4. The van der Waals surface area contributed by atoms with E-state index in [1.165, 1.54) is 0 Å². The van der Waals surface area contributed by atoms with Crippen LogP contribution in [0.1, 0.15) is 30.0 Å². The standard InChI is InChI=1S/C15H19NO3/c1-5-16(6-2)15(17)14-10(3)12-9-11(18-4)7-8-13(12)19-14/h7-9H,5-6H2,1-4H3. The van der Waals surface area contributed by atoms with Gasteiger partial charge < -0.3 is 14.1 Å². The highest BCUT2D eigenvalue weighted by Gasteiger charge is 2.21. The van der Waals surface area contributed by atoms with Crippen LogP contribution in [-0.4, -0.2) is 31.0 Å². The van der Waals surface area contributed by atoms with Crippen LogP contribution in [0.25, 0.3) is 11.0 Å². The first kappa shape index (κ1) is 13.5. The molecule has 1 heterocycles. The average Bonchev–Trinajstić information content (AvgIpc) is 2.77. The van der Waals surface area contributed by atoms with Crippen LogP contribution in [-0.2, 0) is 0 Å². The van der Waals surface area contributed by atoms with E-state index in [0.717, 1.165) is 16.7 Å². The van der Waals surface area contributed by atoms with Crippen LogP contribution in [0.2, 0.25) is 0 Å². The summed E-state index contributed by atoms with van der Waals surface area (Å²) in [6.07, 6.45) is 0. The second-order valence-corrected chi connectivity index (χ2v) is 4.40. The van der Waals surface area contributed by atoms with E-state index in [4.69, 9.17) is 9.15 Å². The molecule has 102 valence electrons. The van der Waals surface area contributed by atoms with Gasteiger partial charge in [-0.15, -0.1) is 0 Å². The maximum Gasteiger partial charge on any atom is 0.289 e. The van der Waals surface area contributed by atoms with Crippen LogP contribution in [0.3, 0.4) is 0 Å². The molecule has 1 amide bonds. The van der Waals surface area contributed by atoms with E-state index in [1.54, 1.807) is 12.0 Å². The summed E-state index contributed by atoms with van der Waals surface area (Å²) in [6.45, 7) is 7.18. The molecule has 4 nitrogen and oxygen atoms in total. The lowest BCUT2D eigenvalue weighted by Gasteiger charge is -2.17. The summed E-state index contributed by atoms with van der Waals surface area (Å²) in [4.78, 5) is 14.1. The zero-order chi connectivity index (χ0) is 14.0. The molecule has 1 aromatic carbocycles. The fourth-order valence-corrected chi connectivity index (χ4v) is 2.19. The van der Waals surface area contributed by atoms with Crippen LogP contribution < -0.4 is 4.74 Å². The molecule has 2 rings (SSSR count). The molecule has 1 aromatic heterocycles. The van der Waals surface area contributed by atoms with Gasteiger partial charge in [0.05, 0.1) is 7.11 Å². The number of hydrogen-bond donors (Lipinski definition) is 0. The summed E-state index contributed by atoms with van der Waals surface area (Å²) in [5.41, 5.74) is 1.58. The van der Waals surface area contributed by atoms with E-state index in [-0.39, 0.29) is 5.91 Å². The summed E-state index contributed by atoms with van der Waals surface area (Å²) in [6, 6.07) is 5.56. The maximum absolute atomic E-state index is 12.4. The monoisotopic (exact) mass is 261 g/mol. The first-order valence-corrected chi connectivity index (χ1v) is 6.48. The Hall–Kier alpha value is -1.97. The van der Waals surface area contributed by atoms with Crippen LogP contribution in [0.5, 0.6) is 5.75 Å². The molecule has 0 radical (unpaired) electrons. The van der Waals surface area contributed by atoms with Gasteiger partial charge in [0.1, 0.15) is 11.3 Å². The first-order chi connectivity index (χ1) is 9.12. The Morgan fingerprint density at radius 3 is 2.58 bits per heavy atom. The van der Waals surface area contributed by atoms with Gasteiger partial charge in [-0.1, -0.05) is 0 Å². The number of ether oxygens (including phenoxy) is 1. The van der Waals surface area contributed by atoms with Crippen LogP contribution >= 0.6 is 0 Å². The number of carbonyl (C=O) groups is 1. The van der Waals surface area contributed by atoms with E-state index in [1.807, 2.05) is 39.0 Å². The quantitative estimate of drug-likeness (QED) is 0.848. The number of carbonyl (C=O) groups excluding carboxylic acids is 1. The number of amides is 1. The molecule has 0 unspecified atom stereocenters. The molecule has 0 atom stereocenters. The summed E-state index contributed by atoms with van der Waals surface area (Å²) >= 11 is 0. The van der Waals surface area contributed by atoms with Crippen molar-refractivity contribution >= 4 is 16.9 Å². The summed E-state index contributed by atoms with van der Waals surface area (Å²) in [7, 11) is 1.62. The smallest absolute Gasteiger partial charge is 0.289 e. The van der Waals surface area contributed by atoms with Gasteiger partial charge in [-0.2, -0.15) is 0 Å². The van der Waals surface area contributed by atoms with Crippen molar-refractivity contribution in [3.05, 3.63) is 29.5 Å².